The second-order valence-electron chi connectivity index (χ2n) is 3.33. The SMILES string of the molecule is CC(C)Sc1ccc([N+](=O)[O-])cc1[N+](=O)[O-]. The molecular weight excluding hydrogens is 232 g/mol. The summed E-state index contributed by atoms with van der Waals surface area (Å²) in [6.45, 7) is 3.80. The summed E-state index contributed by atoms with van der Waals surface area (Å²) in [5.74, 6) is 0. The van der Waals surface area contributed by atoms with Crippen LogP contribution in [0.5, 0.6) is 0 Å². The third kappa shape index (κ3) is 2.93. The van der Waals surface area contributed by atoms with E-state index in [1.165, 1.54) is 23.9 Å². The van der Waals surface area contributed by atoms with Crippen molar-refractivity contribution in [3.63, 3.8) is 0 Å². The van der Waals surface area contributed by atoms with Crippen molar-refractivity contribution in [2.75, 3.05) is 0 Å². The number of nitro benzene ring substituents is 2. The minimum Gasteiger partial charge on any atom is -0.258 e. The number of nitrogens with zero attached hydrogens (tertiary/aromatic N) is 2. The summed E-state index contributed by atoms with van der Waals surface area (Å²) in [5, 5.41) is 21.4. The molecule has 1 aromatic rings. The van der Waals surface area contributed by atoms with Gasteiger partial charge in [0.1, 0.15) is 0 Å². The van der Waals surface area contributed by atoms with E-state index in [0.29, 0.717) is 4.90 Å². The molecule has 0 aliphatic carbocycles. The molecule has 0 radical (unpaired) electrons. The van der Waals surface area contributed by atoms with Gasteiger partial charge in [-0.1, -0.05) is 13.8 Å². The Hall–Kier alpha value is -1.63. The molecule has 0 fully saturated rings. The first kappa shape index (κ1) is 12.4. The summed E-state index contributed by atoms with van der Waals surface area (Å²) >= 11 is 1.31. The zero-order valence-corrected chi connectivity index (χ0v) is 9.56. The quantitative estimate of drug-likeness (QED) is 0.460. The standard InChI is InChI=1S/C9H10N2O4S/c1-6(2)16-9-4-3-7(10(12)13)5-8(9)11(14)15/h3-6H,1-2H3. The van der Waals surface area contributed by atoms with E-state index in [-0.39, 0.29) is 16.6 Å². The van der Waals surface area contributed by atoms with E-state index < -0.39 is 9.85 Å². The molecule has 0 spiro atoms. The van der Waals surface area contributed by atoms with Gasteiger partial charge in [0, 0.05) is 11.3 Å². The molecule has 0 N–H and O–H groups in total. The van der Waals surface area contributed by atoms with E-state index >= 15 is 0 Å². The molecule has 1 rings (SSSR count). The van der Waals surface area contributed by atoms with Gasteiger partial charge in [-0.15, -0.1) is 11.8 Å². The van der Waals surface area contributed by atoms with Crippen molar-refractivity contribution in [3.05, 3.63) is 38.4 Å². The van der Waals surface area contributed by atoms with Gasteiger partial charge in [-0.2, -0.15) is 0 Å². The third-order valence-corrected chi connectivity index (χ3v) is 2.78. The molecule has 6 nitrogen and oxygen atoms in total. The van der Waals surface area contributed by atoms with Crippen molar-refractivity contribution in [1.82, 2.24) is 0 Å². The van der Waals surface area contributed by atoms with Crippen molar-refractivity contribution < 1.29 is 9.85 Å². The Morgan fingerprint density at radius 2 is 1.81 bits per heavy atom. The van der Waals surface area contributed by atoms with Gasteiger partial charge in [0.2, 0.25) is 0 Å². The molecule has 0 saturated heterocycles. The van der Waals surface area contributed by atoms with Crippen molar-refractivity contribution in [1.29, 1.82) is 0 Å². The van der Waals surface area contributed by atoms with E-state index in [2.05, 4.69) is 0 Å². The molecular formula is C9H10N2O4S. The Morgan fingerprint density at radius 3 is 2.25 bits per heavy atom. The highest BCUT2D eigenvalue weighted by molar-refractivity contribution is 8.00. The fourth-order valence-corrected chi connectivity index (χ4v) is 2.02. The van der Waals surface area contributed by atoms with Crippen LogP contribution in [0.2, 0.25) is 0 Å². The lowest BCUT2D eigenvalue weighted by Crippen LogP contribution is -1.96. The summed E-state index contributed by atoms with van der Waals surface area (Å²) in [5.41, 5.74) is -0.479. The summed E-state index contributed by atoms with van der Waals surface area (Å²) in [6, 6.07) is 3.68. The second kappa shape index (κ2) is 4.93. The molecule has 0 saturated carbocycles. The number of hydrogen-bond donors (Lipinski definition) is 0. The van der Waals surface area contributed by atoms with Crippen LogP contribution in [0.15, 0.2) is 23.1 Å². The maximum atomic E-state index is 10.7. The third-order valence-electron chi connectivity index (χ3n) is 1.71. The molecule has 1 aromatic carbocycles. The van der Waals surface area contributed by atoms with Crippen molar-refractivity contribution in [2.45, 2.75) is 24.0 Å². The number of benzene rings is 1. The van der Waals surface area contributed by atoms with Crippen LogP contribution >= 0.6 is 11.8 Å². The molecule has 0 aliphatic rings. The van der Waals surface area contributed by atoms with Gasteiger partial charge in [-0.05, 0) is 6.07 Å². The van der Waals surface area contributed by atoms with Gasteiger partial charge in [-0.25, -0.2) is 0 Å². The molecule has 0 amide bonds. The first-order chi connectivity index (χ1) is 7.41. The van der Waals surface area contributed by atoms with E-state index in [1.54, 1.807) is 0 Å². The predicted molar refractivity (Wildman–Crippen MR) is 60.7 cm³/mol. The fourth-order valence-electron chi connectivity index (χ4n) is 1.12. The zero-order valence-electron chi connectivity index (χ0n) is 8.75. The number of hydrogen-bond acceptors (Lipinski definition) is 5. The van der Waals surface area contributed by atoms with Gasteiger partial charge in [0.15, 0.2) is 0 Å². The van der Waals surface area contributed by atoms with Crippen LogP contribution in [0.25, 0.3) is 0 Å². The Balaban J connectivity index is 3.19. The largest absolute Gasteiger partial charge is 0.289 e. The highest BCUT2D eigenvalue weighted by Gasteiger charge is 2.20. The van der Waals surface area contributed by atoms with Crippen LogP contribution in [0.3, 0.4) is 0 Å². The van der Waals surface area contributed by atoms with Gasteiger partial charge in [-0.3, -0.25) is 20.2 Å². The molecule has 16 heavy (non-hydrogen) atoms. The maximum absolute atomic E-state index is 10.7. The number of rotatable bonds is 4. The lowest BCUT2D eigenvalue weighted by atomic mass is 10.3. The van der Waals surface area contributed by atoms with Crippen LogP contribution in [0.4, 0.5) is 11.4 Å². The highest BCUT2D eigenvalue weighted by Crippen LogP contribution is 2.34. The Morgan fingerprint density at radius 1 is 1.19 bits per heavy atom. The maximum Gasteiger partial charge on any atom is 0.289 e. The topological polar surface area (TPSA) is 86.3 Å². The molecule has 0 bridgehead atoms. The number of thioether (sulfide) groups is 1. The average molecular weight is 242 g/mol. The molecule has 7 heteroatoms. The average Bonchev–Trinajstić information content (AvgIpc) is 2.16. The van der Waals surface area contributed by atoms with Crippen LogP contribution < -0.4 is 0 Å². The molecule has 0 heterocycles. The summed E-state index contributed by atoms with van der Waals surface area (Å²) in [7, 11) is 0. The van der Waals surface area contributed by atoms with Crippen molar-refractivity contribution in [3.8, 4) is 0 Å². The van der Waals surface area contributed by atoms with Gasteiger partial charge < -0.3 is 0 Å². The lowest BCUT2D eigenvalue weighted by molar-refractivity contribution is -0.396. The van der Waals surface area contributed by atoms with E-state index in [4.69, 9.17) is 0 Å². The van der Waals surface area contributed by atoms with Crippen molar-refractivity contribution in [2.24, 2.45) is 0 Å². The summed E-state index contributed by atoms with van der Waals surface area (Å²) < 4.78 is 0. The highest BCUT2D eigenvalue weighted by atomic mass is 32.2. The van der Waals surface area contributed by atoms with Crippen LogP contribution in [-0.4, -0.2) is 15.1 Å². The zero-order chi connectivity index (χ0) is 12.3. The minimum absolute atomic E-state index is 0.181. The lowest BCUT2D eigenvalue weighted by Gasteiger charge is -2.04. The summed E-state index contributed by atoms with van der Waals surface area (Å²) in [6.07, 6.45) is 0. The monoisotopic (exact) mass is 242 g/mol. The van der Waals surface area contributed by atoms with E-state index in [9.17, 15) is 20.2 Å². The van der Waals surface area contributed by atoms with Gasteiger partial charge in [0.25, 0.3) is 11.4 Å². The number of nitro groups is 2. The Kier molecular flexibility index (Phi) is 3.83. The van der Waals surface area contributed by atoms with Crippen molar-refractivity contribution >= 4 is 23.1 Å². The molecule has 86 valence electrons. The van der Waals surface area contributed by atoms with Gasteiger partial charge in [0.05, 0.1) is 20.8 Å². The molecule has 0 aliphatic heterocycles. The normalized spacial score (nSPS) is 10.4. The van der Waals surface area contributed by atoms with Crippen LogP contribution in [-0.2, 0) is 0 Å². The van der Waals surface area contributed by atoms with E-state index in [1.807, 2.05) is 13.8 Å². The fraction of sp³-hybridized carbons (Fsp3) is 0.333. The minimum atomic E-state index is -0.642. The smallest absolute Gasteiger partial charge is 0.258 e. The van der Waals surface area contributed by atoms with Crippen LogP contribution in [0.1, 0.15) is 13.8 Å². The predicted octanol–water partition coefficient (Wildman–Crippen LogP) is 3.00. The Bertz CT molecular complexity index is 434. The second-order valence-corrected chi connectivity index (χ2v) is 4.95. The summed E-state index contributed by atoms with van der Waals surface area (Å²) in [4.78, 5) is 20.4. The molecule has 0 atom stereocenters. The van der Waals surface area contributed by atoms with Gasteiger partial charge >= 0.3 is 0 Å². The first-order valence-electron chi connectivity index (χ1n) is 4.51. The first-order valence-corrected chi connectivity index (χ1v) is 5.39. The van der Waals surface area contributed by atoms with Crippen LogP contribution in [0, 0.1) is 20.2 Å². The Labute approximate surface area is 96.0 Å². The molecule has 0 unspecified atom stereocenters. The number of non-ortho nitro benzene ring substituents is 1. The molecule has 0 aromatic heterocycles. The van der Waals surface area contributed by atoms with E-state index in [0.717, 1.165) is 6.07 Å².